The number of anilines is 2. The Labute approximate surface area is 211 Å². The van der Waals surface area contributed by atoms with E-state index in [2.05, 4.69) is 27.1 Å². The third-order valence-electron chi connectivity index (χ3n) is 7.63. The molecule has 2 aliphatic rings. The highest BCUT2D eigenvalue weighted by atomic mass is 19.1. The first-order valence-electron chi connectivity index (χ1n) is 12.8. The Bertz CT molecular complexity index is 1240. The van der Waals surface area contributed by atoms with Crippen LogP contribution < -0.4 is 16.0 Å². The minimum Gasteiger partial charge on any atom is -0.380 e. The van der Waals surface area contributed by atoms with Gasteiger partial charge in [0.25, 0.3) is 5.91 Å². The minimum absolute atomic E-state index is 0.145. The Balaban J connectivity index is 1.42. The van der Waals surface area contributed by atoms with Crippen molar-refractivity contribution in [2.75, 3.05) is 30.4 Å². The van der Waals surface area contributed by atoms with Crippen molar-refractivity contribution in [1.82, 2.24) is 9.97 Å². The molecule has 1 aromatic carbocycles. The summed E-state index contributed by atoms with van der Waals surface area (Å²) >= 11 is 0. The number of hydrogen-bond donors (Lipinski definition) is 2. The lowest BCUT2D eigenvalue weighted by Crippen LogP contribution is -2.39. The van der Waals surface area contributed by atoms with E-state index in [4.69, 9.17) is 10.5 Å². The third-order valence-corrected chi connectivity index (χ3v) is 7.63. The molecular formula is C28H34FN5O2. The maximum atomic E-state index is 14.9. The van der Waals surface area contributed by atoms with E-state index < -0.39 is 5.82 Å². The number of amides is 1. The Morgan fingerprint density at radius 1 is 1.22 bits per heavy atom. The summed E-state index contributed by atoms with van der Waals surface area (Å²) in [6.07, 6.45) is 10.2. The second-order valence-electron chi connectivity index (χ2n) is 10.3. The Morgan fingerprint density at radius 2 is 2.08 bits per heavy atom. The summed E-state index contributed by atoms with van der Waals surface area (Å²) in [5, 5.41) is 3.36. The fourth-order valence-corrected chi connectivity index (χ4v) is 5.86. The summed E-state index contributed by atoms with van der Waals surface area (Å²) in [4.78, 5) is 24.4. The molecule has 8 heteroatoms. The Hall–Kier alpha value is -3.10. The zero-order valence-corrected chi connectivity index (χ0v) is 20.9. The molecule has 3 heterocycles. The topological polar surface area (TPSA) is 93.4 Å². The number of piperidine rings is 1. The van der Waals surface area contributed by atoms with Crippen LogP contribution in [-0.4, -0.2) is 48.2 Å². The number of ether oxygens (including phenoxy) is 1. The van der Waals surface area contributed by atoms with Crippen LogP contribution in [0, 0.1) is 11.7 Å². The fourth-order valence-electron chi connectivity index (χ4n) is 5.86. The van der Waals surface area contributed by atoms with Gasteiger partial charge in [0.05, 0.1) is 41.0 Å². The Morgan fingerprint density at radius 3 is 2.89 bits per heavy atom. The SMILES string of the molecule is CO[C@H]1CCCN(c2cnc3c(C(=O)Nc4cnccc4[C@H]4CC(N)C[C@@H](C)C4)ccc(F)c3c2)C1. The van der Waals surface area contributed by atoms with Crippen LogP contribution in [0.5, 0.6) is 0 Å². The molecule has 1 unspecified atom stereocenters. The number of pyridine rings is 2. The largest absolute Gasteiger partial charge is 0.380 e. The lowest BCUT2D eigenvalue weighted by atomic mass is 9.76. The number of hydrogen-bond acceptors (Lipinski definition) is 6. The van der Waals surface area contributed by atoms with Gasteiger partial charge in [-0.1, -0.05) is 6.92 Å². The van der Waals surface area contributed by atoms with Crippen molar-refractivity contribution in [2.24, 2.45) is 11.7 Å². The summed E-state index contributed by atoms with van der Waals surface area (Å²) in [6, 6.07) is 6.73. The first-order valence-corrected chi connectivity index (χ1v) is 12.8. The van der Waals surface area contributed by atoms with Crippen LogP contribution in [0.25, 0.3) is 10.9 Å². The zero-order valence-electron chi connectivity index (χ0n) is 20.9. The van der Waals surface area contributed by atoms with Crippen molar-refractivity contribution in [3.05, 3.63) is 59.8 Å². The molecule has 1 amide bonds. The van der Waals surface area contributed by atoms with E-state index in [-0.39, 0.29) is 24.0 Å². The summed E-state index contributed by atoms with van der Waals surface area (Å²) in [5.74, 6) is 0.0469. The highest BCUT2D eigenvalue weighted by Crippen LogP contribution is 2.38. The first kappa shape index (κ1) is 24.6. The number of nitrogens with one attached hydrogen (secondary N) is 1. The smallest absolute Gasteiger partial charge is 0.257 e. The quantitative estimate of drug-likeness (QED) is 0.529. The van der Waals surface area contributed by atoms with Crippen LogP contribution in [-0.2, 0) is 4.74 Å². The molecule has 4 atom stereocenters. The average Bonchev–Trinajstić information content (AvgIpc) is 2.88. The fraction of sp³-hybridized carbons (Fsp3) is 0.464. The molecule has 5 rings (SSSR count). The van der Waals surface area contributed by atoms with Crippen LogP contribution in [0.3, 0.4) is 0 Å². The first-order chi connectivity index (χ1) is 17.4. The molecule has 0 radical (unpaired) electrons. The Kier molecular flexibility index (Phi) is 7.16. The number of halogens is 1. The highest BCUT2D eigenvalue weighted by molar-refractivity contribution is 6.12. The maximum Gasteiger partial charge on any atom is 0.257 e. The van der Waals surface area contributed by atoms with Gasteiger partial charge in [-0.25, -0.2) is 4.39 Å². The number of fused-ring (bicyclic) bond motifs is 1. The van der Waals surface area contributed by atoms with E-state index in [1.54, 1.807) is 31.8 Å². The van der Waals surface area contributed by atoms with Gasteiger partial charge < -0.3 is 20.7 Å². The van der Waals surface area contributed by atoms with Crippen molar-refractivity contribution in [3.63, 3.8) is 0 Å². The molecule has 1 saturated heterocycles. The predicted octanol–water partition coefficient (Wildman–Crippen LogP) is 4.87. The van der Waals surface area contributed by atoms with E-state index in [0.717, 1.165) is 56.4 Å². The molecule has 3 aromatic rings. The van der Waals surface area contributed by atoms with Gasteiger partial charge >= 0.3 is 0 Å². The zero-order chi connectivity index (χ0) is 25.2. The second-order valence-corrected chi connectivity index (χ2v) is 10.3. The molecule has 2 fully saturated rings. The molecule has 1 aliphatic heterocycles. The minimum atomic E-state index is -0.400. The number of carbonyl (C=O) groups excluding carboxylic acids is 1. The standard InChI is InChI=1S/C28H34FN5O2/c1-17-10-18(12-19(30)11-17)22-7-8-31-15-26(22)33-28(35)23-5-6-25(29)24-13-20(14-32-27(23)24)34-9-3-4-21(16-34)36-2/h5-8,13-15,17-19,21H,3-4,9-12,16,30H2,1-2H3,(H,33,35)/t17-,18+,19?,21-/m0/s1. The molecule has 0 spiro atoms. The van der Waals surface area contributed by atoms with Crippen LogP contribution in [0.2, 0.25) is 0 Å². The van der Waals surface area contributed by atoms with Crippen LogP contribution in [0.15, 0.2) is 42.9 Å². The molecular weight excluding hydrogens is 457 g/mol. The van der Waals surface area contributed by atoms with E-state index in [0.29, 0.717) is 28.1 Å². The van der Waals surface area contributed by atoms with Crippen molar-refractivity contribution < 1.29 is 13.9 Å². The molecule has 3 N–H and O–H groups in total. The lowest BCUT2D eigenvalue weighted by molar-refractivity contribution is 0.0893. The van der Waals surface area contributed by atoms with Gasteiger partial charge in [0, 0.05) is 37.8 Å². The van der Waals surface area contributed by atoms with Gasteiger partial charge in [-0.3, -0.25) is 14.8 Å². The molecule has 36 heavy (non-hydrogen) atoms. The number of nitrogens with two attached hydrogens (primary N) is 1. The van der Waals surface area contributed by atoms with Gasteiger partial charge in [0.2, 0.25) is 0 Å². The average molecular weight is 492 g/mol. The molecule has 0 bridgehead atoms. The number of methoxy groups -OCH3 is 1. The van der Waals surface area contributed by atoms with Crippen molar-refractivity contribution in [2.45, 2.75) is 57.1 Å². The molecule has 1 saturated carbocycles. The normalized spacial score (nSPS) is 24.6. The molecule has 1 aliphatic carbocycles. The van der Waals surface area contributed by atoms with Crippen LogP contribution in [0.1, 0.15) is 60.9 Å². The van der Waals surface area contributed by atoms with Crippen molar-refractivity contribution in [1.29, 1.82) is 0 Å². The second kappa shape index (κ2) is 10.5. The third kappa shape index (κ3) is 5.06. The number of benzene rings is 1. The molecule has 2 aromatic heterocycles. The number of nitrogens with zero attached hydrogens (tertiary/aromatic N) is 3. The number of carbonyl (C=O) groups is 1. The van der Waals surface area contributed by atoms with Gasteiger partial charge in [-0.2, -0.15) is 0 Å². The van der Waals surface area contributed by atoms with Gasteiger partial charge in [-0.15, -0.1) is 0 Å². The van der Waals surface area contributed by atoms with Gasteiger partial charge in [0.1, 0.15) is 5.82 Å². The van der Waals surface area contributed by atoms with E-state index >= 15 is 0 Å². The van der Waals surface area contributed by atoms with Crippen LogP contribution in [0.4, 0.5) is 15.8 Å². The van der Waals surface area contributed by atoms with Crippen LogP contribution >= 0.6 is 0 Å². The summed E-state index contributed by atoms with van der Waals surface area (Å²) < 4.78 is 20.4. The van der Waals surface area contributed by atoms with E-state index in [1.807, 2.05) is 6.07 Å². The van der Waals surface area contributed by atoms with Gasteiger partial charge in [-0.05, 0) is 73.8 Å². The summed E-state index contributed by atoms with van der Waals surface area (Å²) in [6.45, 7) is 3.82. The predicted molar refractivity (Wildman–Crippen MR) is 140 cm³/mol. The monoisotopic (exact) mass is 491 g/mol. The van der Waals surface area contributed by atoms with E-state index in [9.17, 15) is 9.18 Å². The maximum absolute atomic E-state index is 14.9. The molecule has 7 nitrogen and oxygen atoms in total. The van der Waals surface area contributed by atoms with E-state index in [1.165, 1.54) is 12.1 Å². The number of aromatic nitrogens is 2. The van der Waals surface area contributed by atoms with Crippen molar-refractivity contribution in [3.8, 4) is 0 Å². The van der Waals surface area contributed by atoms with Crippen molar-refractivity contribution >= 4 is 28.2 Å². The van der Waals surface area contributed by atoms with Gasteiger partial charge in [0.15, 0.2) is 0 Å². The highest BCUT2D eigenvalue weighted by Gasteiger charge is 2.28. The number of rotatable bonds is 5. The molecule has 190 valence electrons. The summed E-state index contributed by atoms with van der Waals surface area (Å²) in [5.41, 5.74) is 9.51. The summed E-state index contributed by atoms with van der Waals surface area (Å²) in [7, 11) is 1.72. The lowest BCUT2D eigenvalue weighted by Gasteiger charge is -2.33.